The van der Waals surface area contributed by atoms with Crippen molar-refractivity contribution in [2.45, 2.75) is 63.1 Å². The molecule has 0 aromatic heterocycles. The predicted octanol–water partition coefficient (Wildman–Crippen LogP) is 3.57. The fraction of sp³-hybridized carbons (Fsp3) is 0.611. The van der Waals surface area contributed by atoms with Gasteiger partial charge in [-0.2, -0.15) is 13.2 Å². The van der Waals surface area contributed by atoms with Crippen LogP contribution in [0, 0.1) is 0 Å². The number of piperidine rings is 1. The summed E-state index contributed by atoms with van der Waals surface area (Å²) < 4.78 is 53.9. The molecule has 1 aromatic carbocycles. The van der Waals surface area contributed by atoms with Gasteiger partial charge in [0.2, 0.25) is 0 Å². The maximum atomic E-state index is 12.5. The molecular weight excluding hydrogens is 351 g/mol. The van der Waals surface area contributed by atoms with Crippen LogP contribution in [0.3, 0.4) is 0 Å². The number of hydrogen-bond donors (Lipinski definition) is 1. The van der Waals surface area contributed by atoms with Crippen LogP contribution in [-0.2, 0) is 9.53 Å². The van der Waals surface area contributed by atoms with Crippen LogP contribution in [0.25, 0.3) is 0 Å². The second-order valence-electron chi connectivity index (χ2n) is 6.76. The van der Waals surface area contributed by atoms with Gasteiger partial charge < -0.3 is 14.2 Å². The summed E-state index contributed by atoms with van der Waals surface area (Å²) in [5, 5.41) is 3.01. The zero-order valence-corrected chi connectivity index (χ0v) is 14.5. The van der Waals surface area contributed by atoms with Crippen molar-refractivity contribution in [3.63, 3.8) is 0 Å². The maximum Gasteiger partial charge on any atom is 0.490 e. The first-order valence-corrected chi connectivity index (χ1v) is 8.77. The number of hydrogen-bond acceptors (Lipinski definition) is 5. The van der Waals surface area contributed by atoms with Crippen LogP contribution in [0.2, 0.25) is 0 Å². The highest BCUT2D eigenvalue weighted by Crippen LogP contribution is 2.39. The Morgan fingerprint density at radius 3 is 2.62 bits per heavy atom. The van der Waals surface area contributed by atoms with E-state index in [-0.39, 0.29) is 18.6 Å². The van der Waals surface area contributed by atoms with Crippen LogP contribution in [0.5, 0.6) is 11.5 Å². The van der Waals surface area contributed by atoms with Gasteiger partial charge in [-0.25, -0.2) is 4.79 Å². The number of carbonyl (C=O) groups is 1. The Hall–Kier alpha value is -1.96. The quantitative estimate of drug-likeness (QED) is 0.773. The molecule has 2 aliphatic rings. The SMILES string of the molecule is CCCOc1ccc(OC2CC3CCC(OC(=O)C(F)(F)F)(C2)N3)cc1. The molecule has 3 unspecified atom stereocenters. The molecule has 2 aliphatic heterocycles. The topological polar surface area (TPSA) is 56.8 Å². The summed E-state index contributed by atoms with van der Waals surface area (Å²) in [6, 6.07) is 7.09. The van der Waals surface area contributed by atoms with Crippen molar-refractivity contribution < 1.29 is 32.2 Å². The molecule has 5 nitrogen and oxygen atoms in total. The van der Waals surface area contributed by atoms with Crippen LogP contribution in [-0.4, -0.2) is 36.6 Å². The van der Waals surface area contributed by atoms with Gasteiger partial charge in [-0.05, 0) is 43.5 Å². The van der Waals surface area contributed by atoms with E-state index in [4.69, 9.17) is 14.2 Å². The van der Waals surface area contributed by atoms with Crippen LogP contribution >= 0.6 is 0 Å². The lowest BCUT2D eigenvalue weighted by Crippen LogP contribution is -2.56. The van der Waals surface area contributed by atoms with Gasteiger partial charge in [0.1, 0.15) is 17.6 Å². The van der Waals surface area contributed by atoms with Crippen molar-refractivity contribution in [2.75, 3.05) is 6.61 Å². The van der Waals surface area contributed by atoms with Crippen LogP contribution < -0.4 is 14.8 Å². The molecule has 8 heteroatoms. The lowest BCUT2D eigenvalue weighted by molar-refractivity contribution is -0.219. The molecule has 3 atom stereocenters. The molecule has 3 rings (SSSR count). The fourth-order valence-electron chi connectivity index (χ4n) is 3.50. The van der Waals surface area contributed by atoms with Crippen molar-refractivity contribution >= 4 is 5.97 Å². The lowest BCUT2D eigenvalue weighted by atomic mass is 9.99. The zero-order chi connectivity index (χ0) is 18.8. The molecule has 2 heterocycles. The number of esters is 1. The standard InChI is InChI=1S/C18H22F3NO4/c1-2-9-24-13-3-5-14(6-4-13)25-15-10-12-7-8-17(11-15,22-12)26-16(23)18(19,20)21/h3-6,12,15,22H,2,7-11H2,1H3. The monoisotopic (exact) mass is 373 g/mol. The van der Waals surface area contributed by atoms with Crippen LogP contribution in [0.4, 0.5) is 13.2 Å². The van der Waals surface area contributed by atoms with E-state index in [1.807, 2.05) is 6.92 Å². The third kappa shape index (κ3) is 4.41. The molecule has 0 amide bonds. The zero-order valence-electron chi connectivity index (χ0n) is 14.5. The minimum absolute atomic E-state index is 0.0260. The average Bonchev–Trinajstić information content (AvgIpc) is 2.88. The summed E-state index contributed by atoms with van der Waals surface area (Å²) in [6.45, 7) is 2.65. The third-order valence-electron chi connectivity index (χ3n) is 4.59. The van der Waals surface area contributed by atoms with Crippen LogP contribution in [0.15, 0.2) is 24.3 Å². The van der Waals surface area contributed by atoms with Gasteiger partial charge in [0.05, 0.1) is 6.61 Å². The number of halogens is 3. The number of rotatable bonds is 6. The van der Waals surface area contributed by atoms with E-state index in [1.54, 1.807) is 24.3 Å². The van der Waals surface area contributed by atoms with E-state index in [0.717, 1.165) is 12.2 Å². The number of fused-ring (bicyclic) bond motifs is 2. The highest BCUT2D eigenvalue weighted by Gasteiger charge is 2.53. The first-order valence-electron chi connectivity index (χ1n) is 8.77. The summed E-state index contributed by atoms with van der Waals surface area (Å²) in [5.74, 6) is -0.818. The molecule has 144 valence electrons. The Morgan fingerprint density at radius 1 is 1.27 bits per heavy atom. The summed E-state index contributed by atoms with van der Waals surface area (Å²) in [7, 11) is 0. The van der Waals surface area contributed by atoms with E-state index in [1.165, 1.54) is 0 Å². The molecule has 0 aliphatic carbocycles. The van der Waals surface area contributed by atoms with Gasteiger partial charge in [-0.1, -0.05) is 6.92 Å². The second-order valence-corrected chi connectivity index (χ2v) is 6.76. The molecule has 1 N–H and O–H groups in total. The van der Waals surface area contributed by atoms with E-state index in [0.29, 0.717) is 31.6 Å². The Morgan fingerprint density at radius 2 is 1.96 bits per heavy atom. The lowest BCUT2D eigenvalue weighted by Gasteiger charge is -2.38. The van der Waals surface area contributed by atoms with Gasteiger partial charge in [0, 0.05) is 18.9 Å². The minimum atomic E-state index is -5.00. The Balaban J connectivity index is 1.62. The van der Waals surface area contributed by atoms with Gasteiger partial charge in [0.15, 0.2) is 5.72 Å². The van der Waals surface area contributed by atoms with Crippen molar-refractivity contribution in [1.29, 1.82) is 0 Å². The first-order chi connectivity index (χ1) is 12.3. The van der Waals surface area contributed by atoms with Crippen LogP contribution in [0.1, 0.15) is 39.0 Å². The van der Waals surface area contributed by atoms with Gasteiger partial charge in [0.25, 0.3) is 0 Å². The van der Waals surface area contributed by atoms with Crippen molar-refractivity contribution in [3.8, 4) is 11.5 Å². The molecule has 26 heavy (non-hydrogen) atoms. The predicted molar refractivity (Wildman–Crippen MR) is 86.9 cm³/mol. The molecule has 0 radical (unpaired) electrons. The number of nitrogens with one attached hydrogen (secondary N) is 1. The van der Waals surface area contributed by atoms with Crippen molar-refractivity contribution in [1.82, 2.24) is 5.32 Å². The highest BCUT2D eigenvalue weighted by molar-refractivity contribution is 5.76. The summed E-state index contributed by atoms with van der Waals surface area (Å²) in [4.78, 5) is 11.3. The summed E-state index contributed by atoms with van der Waals surface area (Å²) >= 11 is 0. The van der Waals surface area contributed by atoms with E-state index in [9.17, 15) is 18.0 Å². The minimum Gasteiger partial charge on any atom is -0.494 e. The maximum absolute atomic E-state index is 12.5. The molecule has 2 fully saturated rings. The smallest absolute Gasteiger partial charge is 0.490 e. The summed E-state index contributed by atoms with van der Waals surface area (Å²) in [6.07, 6.45) is -2.59. The molecule has 0 spiro atoms. The molecule has 2 saturated heterocycles. The average molecular weight is 373 g/mol. The summed E-state index contributed by atoms with van der Waals surface area (Å²) in [5.41, 5.74) is -1.30. The molecule has 0 saturated carbocycles. The van der Waals surface area contributed by atoms with Gasteiger partial charge >= 0.3 is 12.1 Å². The Bertz CT molecular complexity index is 634. The van der Waals surface area contributed by atoms with Crippen molar-refractivity contribution in [2.24, 2.45) is 0 Å². The van der Waals surface area contributed by atoms with Gasteiger partial charge in [-0.15, -0.1) is 0 Å². The third-order valence-corrected chi connectivity index (χ3v) is 4.59. The molecular formula is C18H22F3NO4. The largest absolute Gasteiger partial charge is 0.494 e. The highest BCUT2D eigenvalue weighted by atomic mass is 19.4. The number of carbonyl (C=O) groups excluding carboxylic acids is 1. The Labute approximate surface area is 149 Å². The molecule has 1 aromatic rings. The first kappa shape index (κ1) is 18.8. The van der Waals surface area contributed by atoms with E-state index in [2.05, 4.69) is 5.32 Å². The Kier molecular flexibility index (Phi) is 5.32. The number of alkyl halides is 3. The fourth-order valence-corrected chi connectivity index (χ4v) is 3.50. The molecule has 2 bridgehead atoms. The van der Waals surface area contributed by atoms with E-state index < -0.39 is 17.9 Å². The van der Waals surface area contributed by atoms with E-state index >= 15 is 0 Å². The normalized spacial score (nSPS) is 27.8. The van der Waals surface area contributed by atoms with Gasteiger partial charge in [-0.3, -0.25) is 5.32 Å². The number of benzene rings is 1. The second kappa shape index (κ2) is 7.34. The number of ether oxygens (including phenoxy) is 3. The van der Waals surface area contributed by atoms with Crippen molar-refractivity contribution in [3.05, 3.63) is 24.3 Å².